The first-order chi connectivity index (χ1) is 11.5. The second-order valence-electron chi connectivity index (χ2n) is 7.41. The lowest BCUT2D eigenvalue weighted by Crippen LogP contribution is -2.37. The number of hydrogen-bond acceptors (Lipinski definition) is 3. The van der Waals surface area contributed by atoms with Crippen LogP contribution in [0.25, 0.3) is 10.1 Å². The molecule has 3 nitrogen and oxygen atoms in total. The van der Waals surface area contributed by atoms with Crippen LogP contribution >= 0.6 is 11.3 Å². The Bertz CT molecular complexity index is 810. The number of hydrogen-bond donors (Lipinski definition) is 0. The van der Waals surface area contributed by atoms with Gasteiger partial charge in [-0.2, -0.15) is 0 Å². The average Bonchev–Trinajstić information content (AvgIpc) is 2.93. The molecule has 2 bridgehead atoms. The van der Waals surface area contributed by atoms with Crippen LogP contribution in [0.15, 0.2) is 12.1 Å². The summed E-state index contributed by atoms with van der Waals surface area (Å²) in [7, 11) is 1.69. The molecule has 3 unspecified atom stereocenters. The molecule has 2 fully saturated rings. The summed E-state index contributed by atoms with van der Waals surface area (Å²) in [6.07, 6.45) is 3.68. The van der Waals surface area contributed by atoms with Crippen molar-refractivity contribution in [3.8, 4) is 5.75 Å². The maximum Gasteiger partial charge on any atom is 0.254 e. The summed E-state index contributed by atoms with van der Waals surface area (Å²) in [4.78, 5) is 16.6. The van der Waals surface area contributed by atoms with Gasteiger partial charge in [0.2, 0.25) is 0 Å². The minimum absolute atomic E-state index is 0.181. The maximum atomic E-state index is 13.2. The van der Waals surface area contributed by atoms with Gasteiger partial charge in [-0.15, -0.1) is 11.3 Å². The van der Waals surface area contributed by atoms with Crippen LogP contribution in [0.4, 0.5) is 0 Å². The predicted molar refractivity (Wildman–Crippen MR) is 99.2 cm³/mol. The Labute approximate surface area is 147 Å². The zero-order valence-corrected chi connectivity index (χ0v) is 15.7. The Morgan fingerprint density at radius 2 is 2.08 bits per heavy atom. The quantitative estimate of drug-likeness (QED) is 0.785. The fourth-order valence-electron chi connectivity index (χ4n) is 4.66. The second kappa shape index (κ2) is 5.76. The number of nitrogens with zero attached hydrogens (tertiary/aromatic N) is 1. The highest BCUT2D eigenvalue weighted by Gasteiger charge is 2.43. The van der Waals surface area contributed by atoms with Crippen molar-refractivity contribution in [3.05, 3.63) is 28.1 Å². The van der Waals surface area contributed by atoms with Crippen molar-refractivity contribution < 1.29 is 9.53 Å². The highest BCUT2D eigenvalue weighted by Crippen LogP contribution is 2.42. The number of likely N-dealkylation sites (tertiary alicyclic amines) is 1. The van der Waals surface area contributed by atoms with Gasteiger partial charge in [-0.05, 0) is 56.2 Å². The molecule has 2 heterocycles. The zero-order valence-electron chi connectivity index (χ0n) is 14.9. The summed E-state index contributed by atoms with van der Waals surface area (Å²) in [6.45, 7) is 7.50. The molecular formula is C20H25NO2S. The zero-order chi connectivity index (χ0) is 17.0. The SMILES string of the molecule is COc1cc(C(=O)N2CC3CCCC2C3C)cc2sc(C)c(C)c12. The van der Waals surface area contributed by atoms with Crippen molar-refractivity contribution in [3.63, 3.8) is 0 Å². The summed E-state index contributed by atoms with van der Waals surface area (Å²) >= 11 is 1.75. The Morgan fingerprint density at radius 3 is 2.79 bits per heavy atom. The molecule has 1 amide bonds. The van der Waals surface area contributed by atoms with Gasteiger partial charge in [-0.3, -0.25) is 4.79 Å². The lowest BCUT2D eigenvalue weighted by molar-refractivity contribution is 0.0715. The standard InChI is InChI=1S/C20H25NO2S/c1-11-13(3)24-18-9-15(8-17(23-4)19(11)18)20(22)21-10-14-6-5-7-16(21)12(14)2/h8-9,12,14,16H,5-7,10H2,1-4H3. The smallest absolute Gasteiger partial charge is 0.254 e. The van der Waals surface area contributed by atoms with Gasteiger partial charge in [0.05, 0.1) is 7.11 Å². The second-order valence-corrected chi connectivity index (χ2v) is 8.67. The fraction of sp³-hybridized carbons (Fsp3) is 0.550. The largest absolute Gasteiger partial charge is 0.496 e. The van der Waals surface area contributed by atoms with Crippen LogP contribution in [-0.4, -0.2) is 30.5 Å². The van der Waals surface area contributed by atoms with E-state index in [1.54, 1.807) is 18.4 Å². The predicted octanol–water partition coefficient (Wildman–Crippen LogP) is 4.79. The van der Waals surface area contributed by atoms with Gasteiger partial charge in [0.25, 0.3) is 5.91 Å². The number of carbonyl (C=O) groups excluding carboxylic acids is 1. The minimum atomic E-state index is 0.181. The molecule has 1 aliphatic heterocycles. The van der Waals surface area contributed by atoms with E-state index in [4.69, 9.17) is 4.74 Å². The third-order valence-electron chi connectivity index (χ3n) is 6.22. The third-order valence-corrected chi connectivity index (χ3v) is 7.37. The van der Waals surface area contributed by atoms with Gasteiger partial charge in [0.1, 0.15) is 5.75 Å². The van der Waals surface area contributed by atoms with Crippen LogP contribution in [0.1, 0.15) is 47.0 Å². The van der Waals surface area contributed by atoms with Gasteiger partial charge >= 0.3 is 0 Å². The van der Waals surface area contributed by atoms with E-state index in [0.717, 1.165) is 34.4 Å². The van der Waals surface area contributed by atoms with E-state index in [0.29, 0.717) is 17.9 Å². The molecule has 3 atom stereocenters. The van der Waals surface area contributed by atoms with Crippen LogP contribution in [0.3, 0.4) is 0 Å². The van der Waals surface area contributed by atoms with Crippen LogP contribution in [-0.2, 0) is 0 Å². The molecular weight excluding hydrogens is 318 g/mol. The minimum Gasteiger partial charge on any atom is -0.496 e. The molecule has 0 N–H and O–H groups in total. The lowest BCUT2D eigenvalue weighted by atomic mass is 9.81. The van der Waals surface area contributed by atoms with E-state index in [9.17, 15) is 4.79 Å². The summed E-state index contributed by atoms with van der Waals surface area (Å²) in [5, 5.41) is 1.16. The Kier molecular flexibility index (Phi) is 3.83. The Balaban J connectivity index is 1.75. The summed E-state index contributed by atoms with van der Waals surface area (Å²) < 4.78 is 6.77. The highest BCUT2D eigenvalue weighted by molar-refractivity contribution is 7.19. The highest BCUT2D eigenvalue weighted by atomic mass is 32.1. The number of rotatable bonds is 2. The lowest BCUT2D eigenvalue weighted by Gasteiger charge is -2.29. The molecule has 4 heteroatoms. The number of carbonyl (C=O) groups is 1. The molecule has 1 aromatic heterocycles. The van der Waals surface area contributed by atoms with Gasteiger partial charge in [0.15, 0.2) is 0 Å². The maximum absolute atomic E-state index is 13.2. The normalized spacial score (nSPS) is 26.2. The molecule has 1 aromatic carbocycles. The molecule has 24 heavy (non-hydrogen) atoms. The van der Waals surface area contributed by atoms with E-state index in [1.165, 1.54) is 23.3 Å². The van der Waals surface area contributed by atoms with Gasteiger partial charge in [-0.25, -0.2) is 0 Å². The summed E-state index contributed by atoms with van der Waals surface area (Å²) in [6, 6.07) is 4.43. The Morgan fingerprint density at radius 1 is 1.29 bits per heavy atom. The van der Waals surface area contributed by atoms with Crippen LogP contribution in [0, 0.1) is 25.7 Å². The monoisotopic (exact) mass is 343 g/mol. The van der Waals surface area contributed by atoms with E-state index < -0.39 is 0 Å². The van der Waals surface area contributed by atoms with Crippen molar-refractivity contribution in [2.75, 3.05) is 13.7 Å². The number of methoxy groups -OCH3 is 1. The fourth-order valence-corrected chi connectivity index (χ4v) is 5.78. The first kappa shape index (κ1) is 15.9. The molecule has 0 radical (unpaired) electrons. The van der Waals surface area contributed by atoms with E-state index in [-0.39, 0.29) is 5.91 Å². The van der Waals surface area contributed by atoms with E-state index in [1.807, 2.05) is 6.07 Å². The van der Waals surface area contributed by atoms with E-state index >= 15 is 0 Å². The number of ether oxygens (including phenoxy) is 1. The number of thiophene rings is 1. The number of fused-ring (bicyclic) bond motifs is 3. The van der Waals surface area contributed by atoms with Crippen molar-refractivity contribution in [2.24, 2.45) is 11.8 Å². The molecule has 2 aromatic rings. The third kappa shape index (κ3) is 2.26. The van der Waals surface area contributed by atoms with Crippen molar-refractivity contribution >= 4 is 27.3 Å². The molecule has 1 aliphatic carbocycles. The van der Waals surface area contributed by atoms with Gasteiger partial charge in [0, 0.05) is 33.1 Å². The molecule has 1 saturated heterocycles. The molecule has 2 aliphatic rings. The topological polar surface area (TPSA) is 29.5 Å². The van der Waals surface area contributed by atoms with Crippen LogP contribution < -0.4 is 4.74 Å². The Hall–Kier alpha value is -1.55. The molecule has 128 valence electrons. The van der Waals surface area contributed by atoms with Crippen molar-refractivity contribution in [2.45, 2.75) is 46.1 Å². The van der Waals surface area contributed by atoms with Crippen molar-refractivity contribution in [1.82, 2.24) is 4.90 Å². The first-order valence-corrected chi connectivity index (χ1v) is 9.71. The molecule has 0 spiro atoms. The van der Waals surface area contributed by atoms with Crippen LogP contribution in [0.2, 0.25) is 0 Å². The van der Waals surface area contributed by atoms with E-state index in [2.05, 4.69) is 31.7 Å². The van der Waals surface area contributed by atoms with Gasteiger partial charge in [-0.1, -0.05) is 13.3 Å². The summed E-state index contributed by atoms with van der Waals surface area (Å²) in [5.74, 6) is 2.33. The van der Waals surface area contributed by atoms with Crippen molar-refractivity contribution in [1.29, 1.82) is 0 Å². The van der Waals surface area contributed by atoms with Crippen LogP contribution in [0.5, 0.6) is 5.75 Å². The average molecular weight is 343 g/mol. The molecule has 1 saturated carbocycles. The number of amides is 1. The van der Waals surface area contributed by atoms with Gasteiger partial charge < -0.3 is 9.64 Å². The summed E-state index contributed by atoms with van der Waals surface area (Å²) in [5.41, 5.74) is 2.04. The number of aryl methyl sites for hydroxylation is 2. The molecule has 4 rings (SSSR count). The first-order valence-electron chi connectivity index (χ1n) is 8.90. The number of benzene rings is 1.